The highest BCUT2D eigenvalue weighted by Crippen LogP contribution is 2.34. The van der Waals surface area contributed by atoms with Gasteiger partial charge in [-0.05, 0) is 32.1 Å². The Labute approximate surface area is 120 Å². The standard InChI is InChI=1S/C17H34N2/c1-4-10-15(5-2)19-14-17(11-8-7-9-12-17)18-13-16(19)6-3/h15-16,18H,4-14H2,1-3H3. The van der Waals surface area contributed by atoms with Crippen LogP contribution in [0.1, 0.15) is 78.6 Å². The van der Waals surface area contributed by atoms with Crippen LogP contribution in [0.2, 0.25) is 0 Å². The van der Waals surface area contributed by atoms with E-state index in [0.717, 1.165) is 12.1 Å². The van der Waals surface area contributed by atoms with Crippen LogP contribution in [0.15, 0.2) is 0 Å². The van der Waals surface area contributed by atoms with Crippen molar-refractivity contribution in [2.45, 2.75) is 96.2 Å². The van der Waals surface area contributed by atoms with Crippen molar-refractivity contribution in [3.63, 3.8) is 0 Å². The Balaban J connectivity index is 2.07. The molecule has 1 saturated carbocycles. The first kappa shape index (κ1) is 15.3. The zero-order valence-electron chi connectivity index (χ0n) is 13.4. The predicted molar refractivity (Wildman–Crippen MR) is 83.6 cm³/mol. The van der Waals surface area contributed by atoms with E-state index in [1.165, 1.54) is 70.9 Å². The van der Waals surface area contributed by atoms with Gasteiger partial charge in [-0.3, -0.25) is 4.90 Å². The number of piperazine rings is 1. The van der Waals surface area contributed by atoms with Gasteiger partial charge in [-0.1, -0.05) is 46.5 Å². The van der Waals surface area contributed by atoms with Crippen molar-refractivity contribution >= 4 is 0 Å². The molecule has 0 amide bonds. The lowest BCUT2D eigenvalue weighted by Crippen LogP contribution is -2.66. The van der Waals surface area contributed by atoms with Gasteiger partial charge in [0, 0.05) is 30.7 Å². The molecule has 2 nitrogen and oxygen atoms in total. The van der Waals surface area contributed by atoms with Gasteiger partial charge in [-0.15, -0.1) is 0 Å². The number of hydrogen-bond donors (Lipinski definition) is 1. The van der Waals surface area contributed by atoms with Crippen molar-refractivity contribution in [3.05, 3.63) is 0 Å². The molecule has 1 heterocycles. The summed E-state index contributed by atoms with van der Waals surface area (Å²) < 4.78 is 0. The lowest BCUT2D eigenvalue weighted by atomic mass is 9.78. The summed E-state index contributed by atoms with van der Waals surface area (Å²) in [6.07, 6.45) is 12.4. The van der Waals surface area contributed by atoms with Gasteiger partial charge in [0.25, 0.3) is 0 Å². The van der Waals surface area contributed by atoms with E-state index >= 15 is 0 Å². The molecule has 2 unspecified atom stereocenters. The van der Waals surface area contributed by atoms with E-state index < -0.39 is 0 Å². The molecule has 2 atom stereocenters. The summed E-state index contributed by atoms with van der Waals surface area (Å²) in [6, 6.07) is 1.58. The van der Waals surface area contributed by atoms with E-state index in [1.807, 2.05) is 0 Å². The maximum Gasteiger partial charge on any atom is 0.0309 e. The largest absolute Gasteiger partial charge is 0.308 e. The first-order valence-corrected chi connectivity index (χ1v) is 8.75. The monoisotopic (exact) mass is 266 g/mol. The van der Waals surface area contributed by atoms with Crippen LogP contribution in [0.5, 0.6) is 0 Å². The van der Waals surface area contributed by atoms with Gasteiger partial charge in [0.05, 0.1) is 0 Å². The predicted octanol–water partition coefficient (Wildman–Crippen LogP) is 3.95. The zero-order valence-corrected chi connectivity index (χ0v) is 13.4. The fourth-order valence-corrected chi connectivity index (χ4v) is 4.29. The third-order valence-electron chi connectivity index (χ3n) is 5.51. The Bertz CT molecular complexity index is 258. The number of hydrogen-bond acceptors (Lipinski definition) is 2. The Morgan fingerprint density at radius 3 is 2.47 bits per heavy atom. The average Bonchev–Trinajstić information content (AvgIpc) is 2.45. The molecule has 1 N–H and O–H groups in total. The molecule has 0 aromatic carbocycles. The van der Waals surface area contributed by atoms with Gasteiger partial charge in [-0.25, -0.2) is 0 Å². The Morgan fingerprint density at radius 1 is 1.16 bits per heavy atom. The average molecular weight is 266 g/mol. The summed E-state index contributed by atoms with van der Waals surface area (Å²) in [5.74, 6) is 0. The van der Waals surface area contributed by atoms with Crippen molar-refractivity contribution in [1.29, 1.82) is 0 Å². The van der Waals surface area contributed by atoms with Crippen molar-refractivity contribution < 1.29 is 0 Å². The fraction of sp³-hybridized carbons (Fsp3) is 1.00. The van der Waals surface area contributed by atoms with Gasteiger partial charge >= 0.3 is 0 Å². The molecule has 1 saturated heterocycles. The number of nitrogens with zero attached hydrogens (tertiary/aromatic N) is 1. The number of nitrogens with one attached hydrogen (secondary N) is 1. The summed E-state index contributed by atoms with van der Waals surface area (Å²) in [7, 11) is 0. The fourth-order valence-electron chi connectivity index (χ4n) is 4.29. The van der Waals surface area contributed by atoms with E-state index in [1.54, 1.807) is 0 Å². The molecular formula is C17H34N2. The van der Waals surface area contributed by atoms with Crippen molar-refractivity contribution in [1.82, 2.24) is 10.2 Å². The van der Waals surface area contributed by atoms with Gasteiger partial charge in [0.15, 0.2) is 0 Å². The van der Waals surface area contributed by atoms with Crippen LogP contribution in [0, 0.1) is 0 Å². The maximum atomic E-state index is 3.94. The molecule has 1 aliphatic heterocycles. The quantitative estimate of drug-likeness (QED) is 0.810. The molecule has 1 spiro atoms. The van der Waals surface area contributed by atoms with Gasteiger partial charge in [0.2, 0.25) is 0 Å². The van der Waals surface area contributed by atoms with Crippen LogP contribution in [-0.2, 0) is 0 Å². The Hall–Kier alpha value is -0.0800. The molecule has 2 fully saturated rings. The van der Waals surface area contributed by atoms with E-state index in [2.05, 4.69) is 31.0 Å². The van der Waals surface area contributed by atoms with Crippen LogP contribution in [-0.4, -0.2) is 35.6 Å². The third-order valence-corrected chi connectivity index (χ3v) is 5.51. The first-order chi connectivity index (χ1) is 9.24. The lowest BCUT2D eigenvalue weighted by Gasteiger charge is -2.52. The molecule has 0 aromatic heterocycles. The molecule has 0 aromatic rings. The van der Waals surface area contributed by atoms with E-state index in [4.69, 9.17) is 0 Å². The van der Waals surface area contributed by atoms with E-state index in [0.29, 0.717) is 5.54 Å². The Kier molecular flexibility index (Phi) is 5.70. The van der Waals surface area contributed by atoms with Crippen LogP contribution >= 0.6 is 0 Å². The van der Waals surface area contributed by atoms with Crippen LogP contribution < -0.4 is 5.32 Å². The SMILES string of the molecule is CCCC(CC)N1CC2(CCCCC2)NCC1CC. The van der Waals surface area contributed by atoms with Crippen molar-refractivity contribution in [2.24, 2.45) is 0 Å². The van der Waals surface area contributed by atoms with E-state index in [9.17, 15) is 0 Å². The summed E-state index contributed by atoms with van der Waals surface area (Å²) in [4.78, 5) is 2.88. The summed E-state index contributed by atoms with van der Waals surface area (Å²) in [5.41, 5.74) is 0.463. The second-order valence-electron chi connectivity index (χ2n) is 6.81. The highest BCUT2D eigenvalue weighted by atomic mass is 15.3. The molecule has 19 heavy (non-hydrogen) atoms. The zero-order chi connectivity index (χ0) is 13.7. The molecule has 0 radical (unpaired) electrons. The molecule has 2 rings (SSSR count). The lowest BCUT2D eigenvalue weighted by molar-refractivity contribution is 0.0181. The van der Waals surface area contributed by atoms with Gasteiger partial charge < -0.3 is 5.32 Å². The minimum Gasteiger partial charge on any atom is -0.308 e. The topological polar surface area (TPSA) is 15.3 Å². The maximum absolute atomic E-state index is 3.94. The second kappa shape index (κ2) is 7.08. The molecule has 2 heteroatoms. The van der Waals surface area contributed by atoms with Crippen molar-refractivity contribution in [3.8, 4) is 0 Å². The normalized spacial score (nSPS) is 29.5. The molecule has 1 aliphatic carbocycles. The molecule has 2 aliphatic rings. The van der Waals surface area contributed by atoms with Gasteiger partial charge in [-0.2, -0.15) is 0 Å². The van der Waals surface area contributed by atoms with Gasteiger partial charge in [0.1, 0.15) is 0 Å². The smallest absolute Gasteiger partial charge is 0.0309 e. The molecule has 112 valence electrons. The van der Waals surface area contributed by atoms with Crippen molar-refractivity contribution in [2.75, 3.05) is 13.1 Å². The summed E-state index contributed by atoms with van der Waals surface area (Å²) in [5, 5.41) is 3.94. The first-order valence-electron chi connectivity index (χ1n) is 8.75. The highest BCUT2D eigenvalue weighted by molar-refractivity contribution is 5.00. The van der Waals surface area contributed by atoms with Crippen LogP contribution in [0.4, 0.5) is 0 Å². The minimum absolute atomic E-state index is 0.463. The summed E-state index contributed by atoms with van der Waals surface area (Å²) >= 11 is 0. The van der Waals surface area contributed by atoms with Crippen LogP contribution in [0.3, 0.4) is 0 Å². The summed E-state index contributed by atoms with van der Waals surface area (Å²) in [6.45, 7) is 9.60. The molecule has 0 bridgehead atoms. The van der Waals surface area contributed by atoms with E-state index in [-0.39, 0.29) is 0 Å². The second-order valence-corrected chi connectivity index (χ2v) is 6.81. The highest BCUT2D eigenvalue weighted by Gasteiger charge is 2.40. The Morgan fingerprint density at radius 2 is 1.89 bits per heavy atom. The minimum atomic E-state index is 0.463. The third kappa shape index (κ3) is 3.52. The van der Waals surface area contributed by atoms with Crippen LogP contribution in [0.25, 0.3) is 0 Å². The molecular weight excluding hydrogens is 232 g/mol. The number of rotatable bonds is 5.